The Morgan fingerprint density at radius 3 is 1.96 bits per heavy atom. The molecule has 2 N–H and O–H groups in total. The number of nitrogens with zero attached hydrogens (tertiary/aromatic N) is 1. The van der Waals surface area contributed by atoms with Gasteiger partial charge in [-0.1, -0.05) is 18.2 Å². The highest BCUT2D eigenvalue weighted by Crippen LogP contribution is 2.22. The number of urea groups is 1. The van der Waals surface area contributed by atoms with Crippen LogP contribution >= 0.6 is 0 Å². The summed E-state index contributed by atoms with van der Waals surface area (Å²) in [4.78, 5) is 15.8. The number of hydrogen-bond acceptors (Lipinski definition) is 3. The highest BCUT2D eigenvalue weighted by molar-refractivity contribution is 5.99. The zero-order valence-corrected chi connectivity index (χ0v) is 12.3. The van der Waals surface area contributed by atoms with Crippen molar-refractivity contribution < 1.29 is 9.53 Å². The first-order valence-corrected chi connectivity index (χ1v) is 7.10. The van der Waals surface area contributed by atoms with Gasteiger partial charge in [0, 0.05) is 23.8 Å². The Bertz CT molecular complexity index is 759. The molecule has 0 radical (unpaired) electrons. The van der Waals surface area contributed by atoms with Crippen LogP contribution in [0.2, 0.25) is 0 Å². The first kappa shape index (κ1) is 14.6. The first-order chi connectivity index (χ1) is 11.3. The second-order valence-electron chi connectivity index (χ2n) is 4.75. The number of hydrogen-bond donors (Lipinski definition) is 2. The maximum atomic E-state index is 11.9. The van der Waals surface area contributed by atoms with Gasteiger partial charge in [0.2, 0.25) is 0 Å². The van der Waals surface area contributed by atoms with Gasteiger partial charge in [-0.3, -0.25) is 4.98 Å². The molecule has 0 unspecified atom stereocenters. The van der Waals surface area contributed by atoms with E-state index in [2.05, 4.69) is 15.6 Å². The molecule has 0 saturated carbocycles. The van der Waals surface area contributed by atoms with Crippen molar-refractivity contribution in [3.63, 3.8) is 0 Å². The van der Waals surface area contributed by atoms with Crippen molar-refractivity contribution in [3.8, 4) is 11.5 Å². The maximum Gasteiger partial charge on any atom is 0.323 e. The summed E-state index contributed by atoms with van der Waals surface area (Å²) in [7, 11) is 0. The largest absolute Gasteiger partial charge is 0.457 e. The summed E-state index contributed by atoms with van der Waals surface area (Å²) in [5, 5.41) is 5.48. The minimum Gasteiger partial charge on any atom is -0.457 e. The average molecular weight is 305 g/mol. The number of ether oxygens (including phenoxy) is 1. The minimum absolute atomic E-state index is 0.312. The van der Waals surface area contributed by atoms with Gasteiger partial charge in [-0.15, -0.1) is 0 Å². The van der Waals surface area contributed by atoms with Gasteiger partial charge >= 0.3 is 6.03 Å². The number of aromatic nitrogens is 1. The van der Waals surface area contributed by atoms with E-state index in [9.17, 15) is 4.79 Å². The summed E-state index contributed by atoms with van der Waals surface area (Å²) in [6.45, 7) is 0. The first-order valence-electron chi connectivity index (χ1n) is 7.10. The molecule has 0 fully saturated rings. The van der Waals surface area contributed by atoms with Crippen molar-refractivity contribution in [1.29, 1.82) is 0 Å². The van der Waals surface area contributed by atoms with Crippen LogP contribution in [-0.4, -0.2) is 11.0 Å². The molecule has 3 rings (SSSR count). The minimum atomic E-state index is -0.312. The third-order valence-corrected chi connectivity index (χ3v) is 3.03. The highest BCUT2D eigenvalue weighted by atomic mass is 16.5. The monoisotopic (exact) mass is 305 g/mol. The third kappa shape index (κ3) is 4.31. The van der Waals surface area contributed by atoms with Crippen LogP contribution in [0.15, 0.2) is 79.1 Å². The summed E-state index contributed by atoms with van der Waals surface area (Å²) in [5.41, 5.74) is 1.36. The van der Waals surface area contributed by atoms with E-state index in [1.165, 1.54) is 0 Å². The predicted octanol–water partition coefficient (Wildman–Crippen LogP) is 4.52. The molecule has 23 heavy (non-hydrogen) atoms. The lowest BCUT2D eigenvalue weighted by Crippen LogP contribution is -2.19. The Hall–Kier alpha value is -3.34. The molecule has 1 aromatic heterocycles. The number of anilines is 2. The lowest BCUT2D eigenvalue weighted by atomic mass is 10.3. The van der Waals surface area contributed by atoms with Gasteiger partial charge in [0.25, 0.3) is 0 Å². The highest BCUT2D eigenvalue weighted by Gasteiger charge is 2.03. The van der Waals surface area contributed by atoms with Gasteiger partial charge < -0.3 is 15.4 Å². The van der Waals surface area contributed by atoms with Gasteiger partial charge in [-0.05, 0) is 48.5 Å². The molecule has 0 aliphatic carbocycles. The molecule has 5 heteroatoms. The molecule has 2 amide bonds. The number of para-hydroxylation sites is 1. The van der Waals surface area contributed by atoms with Gasteiger partial charge in [0.05, 0.1) is 0 Å². The van der Waals surface area contributed by atoms with Crippen molar-refractivity contribution in [2.45, 2.75) is 0 Å². The van der Waals surface area contributed by atoms with Gasteiger partial charge in [0.15, 0.2) is 0 Å². The zero-order valence-electron chi connectivity index (χ0n) is 12.3. The lowest BCUT2D eigenvalue weighted by molar-refractivity contribution is 0.262. The molecule has 0 aliphatic heterocycles. The SMILES string of the molecule is O=C(Nc1ccncc1)Nc1ccc(Oc2ccccc2)cc1. The van der Waals surface area contributed by atoms with Crippen LogP contribution in [0.4, 0.5) is 16.2 Å². The average Bonchev–Trinajstić information content (AvgIpc) is 2.58. The summed E-state index contributed by atoms with van der Waals surface area (Å²) >= 11 is 0. The van der Waals surface area contributed by atoms with E-state index < -0.39 is 0 Å². The summed E-state index contributed by atoms with van der Waals surface area (Å²) in [5.74, 6) is 1.47. The number of benzene rings is 2. The summed E-state index contributed by atoms with van der Waals surface area (Å²) in [6, 6.07) is 19.8. The van der Waals surface area contributed by atoms with E-state index in [4.69, 9.17) is 4.74 Å². The summed E-state index contributed by atoms with van der Waals surface area (Å²) < 4.78 is 5.70. The Morgan fingerprint density at radius 1 is 0.739 bits per heavy atom. The van der Waals surface area contributed by atoms with Crippen LogP contribution in [0.3, 0.4) is 0 Å². The Balaban J connectivity index is 1.58. The van der Waals surface area contributed by atoms with Crippen molar-refractivity contribution in [2.75, 3.05) is 10.6 Å². The molecule has 1 heterocycles. The van der Waals surface area contributed by atoms with Crippen LogP contribution < -0.4 is 15.4 Å². The molecule has 0 spiro atoms. The normalized spacial score (nSPS) is 9.91. The van der Waals surface area contributed by atoms with Crippen molar-refractivity contribution >= 4 is 17.4 Å². The quantitative estimate of drug-likeness (QED) is 0.745. The Labute approximate surface area is 134 Å². The smallest absolute Gasteiger partial charge is 0.323 e. The maximum absolute atomic E-state index is 11.9. The van der Waals surface area contributed by atoms with Crippen molar-refractivity contribution in [3.05, 3.63) is 79.1 Å². The van der Waals surface area contributed by atoms with Crippen LogP contribution in [0.5, 0.6) is 11.5 Å². The molecule has 0 bridgehead atoms. The second kappa shape index (κ2) is 7.09. The fraction of sp³-hybridized carbons (Fsp3) is 0. The van der Waals surface area contributed by atoms with Crippen molar-refractivity contribution in [2.24, 2.45) is 0 Å². The summed E-state index contributed by atoms with van der Waals surface area (Å²) in [6.07, 6.45) is 3.23. The molecule has 5 nitrogen and oxygen atoms in total. The number of carbonyl (C=O) groups is 1. The number of rotatable bonds is 4. The standard InChI is InChI=1S/C18H15N3O2/c22-18(21-15-10-12-19-13-11-15)20-14-6-8-17(9-7-14)23-16-4-2-1-3-5-16/h1-13H,(H2,19,20,21,22). The van der Waals surface area contributed by atoms with Crippen LogP contribution in [-0.2, 0) is 0 Å². The number of pyridine rings is 1. The molecule has 3 aromatic rings. The van der Waals surface area contributed by atoms with E-state index in [0.717, 1.165) is 5.75 Å². The fourth-order valence-electron chi connectivity index (χ4n) is 1.96. The van der Waals surface area contributed by atoms with Crippen LogP contribution in [0.25, 0.3) is 0 Å². The van der Waals surface area contributed by atoms with E-state index in [-0.39, 0.29) is 6.03 Å². The van der Waals surface area contributed by atoms with Gasteiger partial charge in [-0.25, -0.2) is 4.79 Å². The number of carbonyl (C=O) groups excluding carboxylic acids is 1. The Kier molecular flexibility index (Phi) is 4.49. The van der Waals surface area contributed by atoms with E-state index in [1.54, 1.807) is 48.8 Å². The molecule has 2 aromatic carbocycles. The second-order valence-corrected chi connectivity index (χ2v) is 4.75. The molecule has 114 valence electrons. The molecular weight excluding hydrogens is 290 g/mol. The fourth-order valence-corrected chi connectivity index (χ4v) is 1.96. The molecule has 0 aliphatic rings. The third-order valence-electron chi connectivity index (χ3n) is 3.03. The topological polar surface area (TPSA) is 63.2 Å². The lowest BCUT2D eigenvalue weighted by Gasteiger charge is -2.09. The van der Waals surface area contributed by atoms with Crippen LogP contribution in [0, 0.1) is 0 Å². The predicted molar refractivity (Wildman–Crippen MR) is 89.8 cm³/mol. The zero-order chi connectivity index (χ0) is 15.9. The van der Waals surface area contributed by atoms with E-state index in [1.807, 2.05) is 30.3 Å². The van der Waals surface area contributed by atoms with Crippen molar-refractivity contribution in [1.82, 2.24) is 4.98 Å². The van der Waals surface area contributed by atoms with Gasteiger partial charge in [-0.2, -0.15) is 0 Å². The molecular formula is C18H15N3O2. The van der Waals surface area contributed by atoms with Crippen LogP contribution in [0.1, 0.15) is 0 Å². The van der Waals surface area contributed by atoms with E-state index >= 15 is 0 Å². The van der Waals surface area contributed by atoms with Gasteiger partial charge in [0.1, 0.15) is 11.5 Å². The van der Waals surface area contributed by atoms with E-state index in [0.29, 0.717) is 17.1 Å². The Morgan fingerprint density at radius 2 is 1.30 bits per heavy atom. The molecule has 0 saturated heterocycles. The molecule has 0 atom stereocenters. The number of amides is 2. The number of nitrogens with one attached hydrogen (secondary N) is 2.